The second kappa shape index (κ2) is 6.68. The molecule has 0 radical (unpaired) electrons. The first-order valence-electron chi connectivity index (χ1n) is 5.60. The molecule has 1 heterocycles. The van der Waals surface area contributed by atoms with E-state index in [4.69, 9.17) is 9.15 Å². The van der Waals surface area contributed by atoms with Crippen molar-refractivity contribution >= 4 is 0 Å². The van der Waals surface area contributed by atoms with Gasteiger partial charge in [0.15, 0.2) is 0 Å². The van der Waals surface area contributed by atoms with Crippen molar-refractivity contribution in [3.05, 3.63) is 23.7 Å². The largest absolute Gasteiger partial charge is 0.469 e. The molecule has 0 aliphatic carbocycles. The van der Waals surface area contributed by atoms with E-state index in [1.54, 1.807) is 6.26 Å². The molecule has 92 valence electrons. The van der Waals surface area contributed by atoms with Gasteiger partial charge in [-0.15, -0.1) is 0 Å². The molecular formula is C12H21NO3. The van der Waals surface area contributed by atoms with Crippen LogP contribution in [0.4, 0.5) is 0 Å². The van der Waals surface area contributed by atoms with Gasteiger partial charge >= 0.3 is 0 Å². The highest BCUT2D eigenvalue weighted by atomic mass is 16.5. The van der Waals surface area contributed by atoms with Crippen molar-refractivity contribution in [3.8, 4) is 0 Å². The molecule has 1 unspecified atom stereocenters. The lowest BCUT2D eigenvalue weighted by Gasteiger charge is -2.20. The lowest BCUT2D eigenvalue weighted by molar-refractivity contribution is 0.0243. The quantitative estimate of drug-likeness (QED) is 0.765. The Morgan fingerprint density at radius 3 is 2.88 bits per heavy atom. The molecular weight excluding hydrogens is 206 g/mol. The van der Waals surface area contributed by atoms with E-state index in [1.165, 1.54) is 0 Å². The first kappa shape index (κ1) is 13.2. The molecule has 4 nitrogen and oxygen atoms in total. The van der Waals surface area contributed by atoms with Crippen molar-refractivity contribution in [1.29, 1.82) is 0 Å². The lowest BCUT2D eigenvalue weighted by Crippen LogP contribution is -2.31. The molecule has 1 atom stereocenters. The van der Waals surface area contributed by atoms with Crippen molar-refractivity contribution in [3.63, 3.8) is 0 Å². The lowest BCUT2D eigenvalue weighted by atomic mass is 10.2. The molecule has 0 aliphatic rings. The van der Waals surface area contributed by atoms with Gasteiger partial charge < -0.3 is 14.3 Å². The second-order valence-corrected chi connectivity index (χ2v) is 4.01. The fourth-order valence-corrected chi connectivity index (χ4v) is 1.60. The van der Waals surface area contributed by atoms with Crippen LogP contribution in [0.25, 0.3) is 0 Å². The Hall–Kier alpha value is -0.840. The zero-order chi connectivity index (χ0) is 12.0. The Kier molecular flexibility index (Phi) is 5.52. The summed E-state index contributed by atoms with van der Waals surface area (Å²) in [6.07, 6.45) is 1.26. The highest BCUT2D eigenvalue weighted by Crippen LogP contribution is 2.11. The Morgan fingerprint density at radius 2 is 2.31 bits per heavy atom. The minimum atomic E-state index is -0.433. The van der Waals surface area contributed by atoms with Crippen LogP contribution in [0.3, 0.4) is 0 Å². The van der Waals surface area contributed by atoms with Gasteiger partial charge in [-0.1, -0.05) is 0 Å². The molecule has 16 heavy (non-hydrogen) atoms. The van der Waals surface area contributed by atoms with Crippen LogP contribution in [0.2, 0.25) is 0 Å². The zero-order valence-corrected chi connectivity index (χ0v) is 10.3. The maximum Gasteiger partial charge on any atom is 0.105 e. The van der Waals surface area contributed by atoms with Crippen LogP contribution in [0.1, 0.15) is 18.2 Å². The molecule has 0 bridgehead atoms. The van der Waals surface area contributed by atoms with Gasteiger partial charge in [0.2, 0.25) is 0 Å². The van der Waals surface area contributed by atoms with Gasteiger partial charge in [0, 0.05) is 25.3 Å². The van der Waals surface area contributed by atoms with E-state index in [9.17, 15) is 5.11 Å². The van der Waals surface area contributed by atoms with E-state index in [1.807, 2.05) is 27.0 Å². The maximum atomic E-state index is 9.66. The SMILES string of the molecule is CCOCC(O)CN(C)Cc1ccoc1C. The number of furan rings is 1. The van der Waals surface area contributed by atoms with Crippen LogP contribution in [-0.4, -0.2) is 42.9 Å². The van der Waals surface area contributed by atoms with Gasteiger partial charge in [-0.3, -0.25) is 4.90 Å². The fourth-order valence-electron chi connectivity index (χ4n) is 1.60. The Labute approximate surface area is 96.8 Å². The molecule has 0 spiro atoms. The minimum absolute atomic E-state index is 0.394. The van der Waals surface area contributed by atoms with Crippen molar-refractivity contribution in [1.82, 2.24) is 4.90 Å². The summed E-state index contributed by atoms with van der Waals surface area (Å²) in [4.78, 5) is 2.06. The normalized spacial score (nSPS) is 13.3. The number of rotatable bonds is 7. The summed E-state index contributed by atoms with van der Waals surface area (Å²) < 4.78 is 10.4. The first-order chi connectivity index (χ1) is 7.63. The third kappa shape index (κ3) is 4.35. The Balaban J connectivity index is 2.30. The van der Waals surface area contributed by atoms with Gasteiger partial charge in [-0.05, 0) is 27.0 Å². The number of aliphatic hydroxyl groups excluding tert-OH is 1. The summed E-state index contributed by atoms with van der Waals surface area (Å²) >= 11 is 0. The summed E-state index contributed by atoms with van der Waals surface area (Å²) in [5.41, 5.74) is 1.16. The third-order valence-electron chi connectivity index (χ3n) is 2.44. The van der Waals surface area contributed by atoms with Gasteiger partial charge in [0.25, 0.3) is 0 Å². The summed E-state index contributed by atoms with van der Waals surface area (Å²) in [6.45, 7) is 6.29. The standard InChI is InChI=1S/C12H21NO3/c1-4-15-9-12(14)8-13(3)7-11-5-6-16-10(11)2/h5-6,12,14H,4,7-9H2,1-3H3. The smallest absolute Gasteiger partial charge is 0.105 e. The molecule has 0 amide bonds. The molecule has 1 N–H and O–H groups in total. The first-order valence-corrected chi connectivity index (χ1v) is 5.60. The minimum Gasteiger partial charge on any atom is -0.469 e. The number of ether oxygens (including phenoxy) is 1. The fraction of sp³-hybridized carbons (Fsp3) is 0.667. The van der Waals surface area contributed by atoms with E-state index >= 15 is 0 Å². The maximum absolute atomic E-state index is 9.66. The number of likely N-dealkylation sites (N-methyl/N-ethyl adjacent to an activating group) is 1. The van der Waals surface area contributed by atoms with Gasteiger partial charge in [-0.2, -0.15) is 0 Å². The van der Waals surface area contributed by atoms with Crippen molar-refractivity contribution in [2.75, 3.05) is 26.8 Å². The summed E-state index contributed by atoms with van der Waals surface area (Å²) in [5.74, 6) is 0.936. The van der Waals surface area contributed by atoms with E-state index in [0.717, 1.165) is 17.9 Å². The number of aryl methyl sites for hydroxylation is 1. The van der Waals surface area contributed by atoms with E-state index in [-0.39, 0.29) is 0 Å². The van der Waals surface area contributed by atoms with Crippen LogP contribution in [-0.2, 0) is 11.3 Å². The van der Waals surface area contributed by atoms with E-state index < -0.39 is 6.10 Å². The predicted molar refractivity (Wildman–Crippen MR) is 62.3 cm³/mol. The van der Waals surface area contributed by atoms with Gasteiger partial charge in [0.05, 0.1) is 19.0 Å². The highest BCUT2D eigenvalue weighted by molar-refractivity contribution is 5.14. The Morgan fingerprint density at radius 1 is 1.56 bits per heavy atom. The summed E-state index contributed by atoms with van der Waals surface area (Å²) in [5, 5.41) is 9.66. The van der Waals surface area contributed by atoms with E-state index in [2.05, 4.69) is 4.90 Å². The molecule has 1 aromatic rings. The monoisotopic (exact) mass is 227 g/mol. The van der Waals surface area contributed by atoms with Crippen LogP contribution < -0.4 is 0 Å². The number of nitrogens with zero attached hydrogens (tertiary/aromatic N) is 1. The van der Waals surface area contributed by atoms with Crippen molar-refractivity contribution < 1.29 is 14.3 Å². The molecule has 0 aliphatic heterocycles. The third-order valence-corrected chi connectivity index (χ3v) is 2.44. The number of hydrogen-bond donors (Lipinski definition) is 1. The van der Waals surface area contributed by atoms with Crippen LogP contribution in [0.5, 0.6) is 0 Å². The number of aliphatic hydroxyl groups is 1. The summed E-state index contributed by atoms with van der Waals surface area (Å²) in [7, 11) is 1.97. The van der Waals surface area contributed by atoms with Crippen LogP contribution >= 0.6 is 0 Å². The molecule has 0 saturated carbocycles. The van der Waals surface area contributed by atoms with Crippen LogP contribution in [0, 0.1) is 6.92 Å². The highest BCUT2D eigenvalue weighted by Gasteiger charge is 2.10. The van der Waals surface area contributed by atoms with Crippen LogP contribution in [0.15, 0.2) is 16.7 Å². The predicted octanol–water partition coefficient (Wildman–Crippen LogP) is 1.42. The molecule has 0 saturated heterocycles. The molecule has 1 rings (SSSR count). The van der Waals surface area contributed by atoms with Crippen molar-refractivity contribution in [2.24, 2.45) is 0 Å². The Bertz CT molecular complexity index is 298. The molecule has 0 aromatic carbocycles. The number of hydrogen-bond acceptors (Lipinski definition) is 4. The topological polar surface area (TPSA) is 45.8 Å². The second-order valence-electron chi connectivity index (χ2n) is 4.01. The summed E-state index contributed by atoms with van der Waals surface area (Å²) in [6, 6.07) is 1.96. The average molecular weight is 227 g/mol. The van der Waals surface area contributed by atoms with E-state index in [0.29, 0.717) is 19.8 Å². The van der Waals surface area contributed by atoms with Gasteiger partial charge in [-0.25, -0.2) is 0 Å². The molecule has 1 aromatic heterocycles. The average Bonchev–Trinajstić information content (AvgIpc) is 2.61. The van der Waals surface area contributed by atoms with Crippen molar-refractivity contribution in [2.45, 2.75) is 26.5 Å². The molecule has 0 fully saturated rings. The zero-order valence-electron chi connectivity index (χ0n) is 10.3. The molecule has 4 heteroatoms. The van der Waals surface area contributed by atoms with Gasteiger partial charge in [0.1, 0.15) is 5.76 Å².